The maximum Gasteiger partial charge on any atom is 0.345 e. The van der Waals surface area contributed by atoms with Gasteiger partial charge in [0.15, 0.2) is 0 Å². The van der Waals surface area contributed by atoms with E-state index in [4.69, 9.17) is 15.3 Å². The molecule has 2 aliphatic heterocycles. The monoisotopic (exact) mass is 395 g/mol. The lowest BCUT2D eigenvalue weighted by Crippen LogP contribution is -2.46. The standard InChI is InChI=1S/C21H21N3O5/c22-19(25)15-6-9-17(10-7-15)29-20(26)18-11-8-16-12-23(18)21(27)24(16)28-13-14-4-2-1-3-5-14/h1-7,9-10,16,18H,8,11-13H2,(H2,22,25)/t16-,18+/m1/s1. The van der Waals surface area contributed by atoms with Crippen molar-refractivity contribution in [3.63, 3.8) is 0 Å². The van der Waals surface area contributed by atoms with E-state index in [9.17, 15) is 14.4 Å². The Morgan fingerprint density at radius 3 is 2.45 bits per heavy atom. The highest BCUT2D eigenvalue weighted by atomic mass is 16.7. The van der Waals surface area contributed by atoms with Crippen LogP contribution in [0.25, 0.3) is 0 Å². The molecule has 0 aliphatic carbocycles. The molecule has 3 amide bonds. The van der Waals surface area contributed by atoms with Crippen molar-refractivity contribution >= 4 is 17.9 Å². The van der Waals surface area contributed by atoms with Gasteiger partial charge < -0.3 is 15.4 Å². The van der Waals surface area contributed by atoms with Gasteiger partial charge in [-0.3, -0.25) is 9.63 Å². The zero-order valence-corrected chi connectivity index (χ0v) is 15.7. The fourth-order valence-corrected chi connectivity index (χ4v) is 3.63. The van der Waals surface area contributed by atoms with E-state index in [1.165, 1.54) is 34.2 Å². The van der Waals surface area contributed by atoms with Crippen LogP contribution in [0.1, 0.15) is 28.8 Å². The van der Waals surface area contributed by atoms with Crippen LogP contribution in [-0.2, 0) is 16.2 Å². The van der Waals surface area contributed by atoms with Gasteiger partial charge in [-0.1, -0.05) is 30.3 Å². The van der Waals surface area contributed by atoms with Crippen LogP contribution in [0.5, 0.6) is 5.75 Å². The van der Waals surface area contributed by atoms with Crippen LogP contribution in [0.3, 0.4) is 0 Å². The molecule has 2 aromatic rings. The number of nitrogens with zero attached hydrogens (tertiary/aromatic N) is 2. The Hall–Kier alpha value is -3.39. The maximum atomic E-state index is 12.8. The third-order valence-electron chi connectivity index (χ3n) is 5.17. The van der Waals surface area contributed by atoms with Gasteiger partial charge >= 0.3 is 12.0 Å². The molecule has 2 aliphatic rings. The topological polar surface area (TPSA) is 102 Å². The van der Waals surface area contributed by atoms with E-state index in [2.05, 4.69) is 0 Å². The minimum atomic E-state index is -0.667. The summed E-state index contributed by atoms with van der Waals surface area (Å²) >= 11 is 0. The highest BCUT2D eigenvalue weighted by Gasteiger charge is 2.48. The van der Waals surface area contributed by atoms with E-state index in [0.29, 0.717) is 30.7 Å². The van der Waals surface area contributed by atoms with E-state index >= 15 is 0 Å². The fourth-order valence-electron chi connectivity index (χ4n) is 3.63. The summed E-state index contributed by atoms with van der Waals surface area (Å²) in [5.74, 6) is -0.765. The number of nitrogens with two attached hydrogens (primary N) is 1. The molecule has 150 valence electrons. The Morgan fingerprint density at radius 2 is 1.76 bits per heavy atom. The molecule has 2 heterocycles. The van der Waals surface area contributed by atoms with Crippen LogP contribution < -0.4 is 10.5 Å². The van der Waals surface area contributed by atoms with E-state index < -0.39 is 17.9 Å². The van der Waals surface area contributed by atoms with E-state index in [0.717, 1.165) is 5.56 Å². The Morgan fingerprint density at radius 1 is 1.03 bits per heavy atom. The first-order chi connectivity index (χ1) is 14.0. The summed E-state index contributed by atoms with van der Waals surface area (Å²) in [6, 6.07) is 14.5. The number of amides is 3. The summed E-state index contributed by atoms with van der Waals surface area (Å²) in [6.07, 6.45) is 1.15. The Bertz CT molecular complexity index is 916. The number of hydrogen-bond acceptors (Lipinski definition) is 5. The molecule has 0 radical (unpaired) electrons. The van der Waals surface area contributed by atoms with Crippen molar-refractivity contribution in [2.45, 2.75) is 31.5 Å². The van der Waals surface area contributed by atoms with Crippen molar-refractivity contribution in [2.24, 2.45) is 5.73 Å². The number of carbonyl (C=O) groups excluding carboxylic acids is 3. The average molecular weight is 395 g/mol. The predicted molar refractivity (Wildman–Crippen MR) is 103 cm³/mol. The average Bonchev–Trinajstić information content (AvgIpc) is 2.97. The molecule has 2 saturated heterocycles. The Balaban J connectivity index is 1.38. The van der Waals surface area contributed by atoms with E-state index in [1.54, 1.807) is 0 Å². The van der Waals surface area contributed by atoms with Crippen molar-refractivity contribution in [3.05, 3.63) is 65.7 Å². The predicted octanol–water partition coefficient (Wildman–Crippen LogP) is 2.09. The van der Waals surface area contributed by atoms with Gasteiger partial charge in [-0.25, -0.2) is 9.59 Å². The van der Waals surface area contributed by atoms with Crippen LogP contribution >= 0.6 is 0 Å². The lowest BCUT2D eigenvalue weighted by Gasteiger charge is -2.28. The number of esters is 1. The highest BCUT2D eigenvalue weighted by Crippen LogP contribution is 2.31. The molecule has 0 unspecified atom stereocenters. The van der Waals surface area contributed by atoms with Gasteiger partial charge in [-0.2, -0.15) is 5.06 Å². The molecule has 2 fully saturated rings. The Kier molecular flexibility index (Phi) is 5.18. The first-order valence-electron chi connectivity index (χ1n) is 9.41. The molecule has 0 aromatic heterocycles. The number of carbonyl (C=O) groups is 3. The van der Waals surface area contributed by atoms with Crippen molar-refractivity contribution < 1.29 is 24.0 Å². The van der Waals surface area contributed by atoms with E-state index in [1.807, 2.05) is 30.3 Å². The highest BCUT2D eigenvalue weighted by molar-refractivity contribution is 5.93. The summed E-state index contributed by atoms with van der Waals surface area (Å²) < 4.78 is 5.41. The van der Waals surface area contributed by atoms with Crippen molar-refractivity contribution in [2.75, 3.05) is 6.54 Å². The van der Waals surface area contributed by atoms with Gasteiger partial charge in [0.25, 0.3) is 0 Å². The van der Waals surface area contributed by atoms with Gasteiger partial charge in [-0.15, -0.1) is 0 Å². The largest absolute Gasteiger partial charge is 0.425 e. The third-order valence-corrected chi connectivity index (χ3v) is 5.17. The number of benzene rings is 2. The van der Waals surface area contributed by atoms with Crippen LogP contribution in [0.4, 0.5) is 4.79 Å². The van der Waals surface area contributed by atoms with Crippen molar-refractivity contribution in [3.8, 4) is 5.75 Å². The van der Waals surface area contributed by atoms with Gasteiger partial charge in [-0.05, 0) is 42.7 Å². The molecule has 2 aromatic carbocycles. The zero-order chi connectivity index (χ0) is 20.4. The minimum Gasteiger partial charge on any atom is -0.425 e. The summed E-state index contributed by atoms with van der Waals surface area (Å²) in [5, 5.41) is 1.38. The second-order valence-corrected chi connectivity index (χ2v) is 7.08. The number of fused-ring (bicyclic) bond motifs is 2. The van der Waals surface area contributed by atoms with Gasteiger partial charge in [0.1, 0.15) is 18.4 Å². The Labute approximate surface area is 167 Å². The third kappa shape index (κ3) is 3.93. The number of piperidine rings is 1. The number of primary amides is 1. The van der Waals surface area contributed by atoms with Crippen LogP contribution in [0.15, 0.2) is 54.6 Å². The van der Waals surface area contributed by atoms with E-state index in [-0.39, 0.29) is 18.7 Å². The SMILES string of the molecule is NC(=O)c1ccc(OC(=O)[C@@H]2CC[C@@H]3CN2C(=O)N3OCc2ccccc2)cc1. The lowest BCUT2D eigenvalue weighted by molar-refractivity contribution is -0.141. The molecule has 8 heteroatoms. The minimum absolute atomic E-state index is 0.0786. The first kappa shape index (κ1) is 18.9. The molecule has 0 spiro atoms. The van der Waals surface area contributed by atoms with Gasteiger partial charge in [0.05, 0.1) is 6.04 Å². The molecule has 0 saturated carbocycles. The quantitative estimate of drug-likeness (QED) is 0.596. The molecule has 29 heavy (non-hydrogen) atoms. The summed E-state index contributed by atoms with van der Waals surface area (Å²) in [5.41, 5.74) is 6.50. The lowest BCUT2D eigenvalue weighted by atomic mass is 10.0. The van der Waals surface area contributed by atoms with Crippen LogP contribution in [0, 0.1) is 0 Å². The molecule has 2 atom stereocenters. The normalized spacial score (nSPS) is 20.6. The van der Waals surface area contributed by atoms with Crippen molar-refractivity contribution in [1.29, 1.82) is 0 Å². The molecular weight excluding hydrogens is 374 g/mol. The maximum absolute atomic E-state index is 12.8. The van der Waals surface area contributed by atoms with Crippen LogP contribution in [0.2, 0.25) is 0 Å². The first-order valence-corrected chi connectivity index (χ1v) is 9.41. The second-order valence-electron chi connectivity index (χ2n) is 7.08. The second kappa shape index (κ2) is 7.92. The summed E-state index contributed by atoms with van der Waals surface area (Å²) in [6.45, 7) is 0.715. The van der Waals surface area contributed by atoms with Crippen LogP contribution in [-0.4, -0.2) is 46.5 Å². The van der Waals surface area contributed by atoms with Gasteiger partial charge in [0.2, 0.25) is 5.91 Å². The van der Waals surface area contributed by atoms with Gasteiger partial charge in [0, 0.05) is 12.1 Å². The number of hydrogen-bond donors (Lipinski definition) is 1. The summed E-state index contributed by atoms with van der Waals surface area (Å²) in [4.78, 5) is 43.8. The molecular formula is C21H21N3O5. The number of ether oxygens (including phenoxy) is 1. The van der Waals surface area contributed by atoms with Crippen molar-refractivity contribution in [1.82, 2.24) is 9.96 Å². The fraction of sp³-hybridized carbons (Fsp3) is 0.286. The molecule has 2 bridgehead atoms. The molecule has 8 nitrogen and oxygen atoms in total. The molecule has 2 N–H and O–H groups in total. The molecule has 4 rings (SSSR count). The number of urea groups is 1. The number of hydroxylamine groups is 2. The smallest absolute Gasteiger partial charge is 0.345 e. The number of rotatable bonds is 6. The zero-order valence-electron chi connectivity index (χ0n) is 15.7. The summed E-state index contributed by atoms with van der Waals surface area (Å²) in [7, 11) is 0.